The third-order valence-corrected chi connectivity index (χ3v) is 2.78. The summed E-state index contributed by atoms with van der Waals surface area (Å²) >= 11 is 3.08. The summed E-state index contributed by atoms with van der Waals surface area (Å²) in [6.45, 7) is 0. The van der Waals surface area contributed by atoms with Crippen LogP contribution in [0.15, 0.2) is 12.1 Å². The van der Waals surface area contributed by atoms with Crippen molar-refractivity contribution in [2.24, 2.45) is 0 Å². The number of benzene rings is 1. The molecule has 0 unspecified atom stereocenters. The highest BCUT2D eigenvalue weighted by atomic mass is 79.9. The number of carbonyl (C=O) groups excluding carboxylic acids is 1. The van der Waals surface area contributed by atoms with Gasteiger partial charge < -0.3 is 4.74 Å². The number of hydrogen-bond acceptors (Lipinski definition) is 4. The van der Waals surface area contributed by atoms with Crippen LogP contribution in [0.25, 0.3) is 0 Å². The van der Waals surface area contributed by atoms with Gasteiger partial charge in [-0.15, -0.1) is 0 Å². The first-order chi connectivity index (χ1) is 7.99. The minimum atomic E-state index is -0.779. The molecule has 17 heavy (non-hydrogen) atoms. The smallest absolute Gasteiger partial charge is 0.310 e. The number of nitro benzene ring substituents is 1. The number of nitro groups is 1. The van der Waals surface area contributed by atoms with Gasteiger partial charge >= 0.3 is 5.97 Å². The van der Waals surface area contributed by atoms with E-state index in [0.29, 0.717) is 10.9 Å². The van der Waals surface area contributed by atoms with Crippen LogP contribution in [0, 0.1) is 15.9 Å². The van der Waals surface area contributed by atoms with Crippen LogP contribution in [0.4, 0.5) is 10.1 Å². The van der Waals surface area contributed by atoms with Crippen LogP contribution in [-0.4, -0.2) is 18.0 Å². The summed E-state index contributed by atoms with van der Waals surface area (Å²) in [6.07, 6.45) is -0.457. The highest BCUT2D eigenvalue weighted by molar-refractivity contribution is 9.08. The first kappa shape index (κ1) is 13.6. The van der Waals surface area contributed by atoms with Crippen LogP contribution in [-0.2, 0) is 21.3 Å². The van der Waals surface area contributed by atoms with Crippen LogP contribution in [0.3, 0.4) is 0 Å². The first-order valence-electron chi connectivity index (χ1n) is 4.58. The molecule has 0 bridgehead atoms. The van der Waals surface area contributed by atoms with Gasteiger partial charge in [0.1, 0.15) is 5.82 Å². The number of esters is 1. The van der Waals surface area contributed by atoms with E-state index in [-0.39, 0.29) is 5.56 Å². The largest absolute Gasteiger partial charge is 0.469 e. The molecule has 7 heteroatoms. The molecule has 0 amide bonds. The van der Waals surface area contributed by atoms with Crippen LogP contribution in [0.2, 0.25) is 0 Å². The number of ether oxygens (including phenoxy) is 1. The minimum Gasteiger partial charge on any atom is -0.469 e. The third-order valence-electron chi connectivity index (χ3n) is 2.13. The number of alkyl halides is 1. The molecular weight excluding hydrogens is 297 g/mol. The predicted molar refractivity (Wildman–Crippen MR) is 61.4 cm³/mol. The SMILES string of the molecule is COC(=O)Cc1c(F)cc(CBr)cc1[N+](=O)[O-]. The maximum absolute atomic E-state index is 13.6. The Hall–Kier alpha value is -1.50. The lowest BCUT2D eigenvalue weighted by Gasteiger charge is -2.05. The molecule has 0 N–H and O–H groups in total. The van der Waals surface area contributed by atoms with Gasteiger partial charge in [0.25, 0.3) is 5.69 Å². The minimum absolute atomic E-state index is 0.258. The van der Waals surface area contributed by atoms with Crippen molar-refractivity contribution in [1.29, 1.82) is 0 Å². The molecule has 0 spiro atoms. The number of carbonyl (C=O) groups is 1. The Morgan fingerprint density at radius 2 is 2.24 bits per heavy atom. The molecule has 92 valence electrons. The van der Waals surface area contributed by atoms with Crippen molar-refractivity contribution in [1.82, 2.24) is 0 Å². The summed E-state index contributed by atoms with van der Waals surface area (Å²) in [4.78, 5) is 21.1. The van der Waals surface area contributed by atoms with E-state index < -0.39 is 28.8 Å². The topological polar surface area (TPSA) is 69.4 Å². The van der Waals surface area contributed by atoms with E-state index in [1.807, 2.05) is 0 Å². The van der Waals surface area contributed by atoms with Crippen LogP contribution in [0.1, 0.15) is 11.1 Å². The maximum atomic E-state index is 13.6. The van der Waals surface area contributed by atoms with Crippen molar-refractivity contribution >= 4 is 27.6 Å². The Morgan fingerprint density at radius 3 is 2.71 bits per heavy atom. The lowest BCUT2D eigenvalue weighted by molar-refractivity contribution is -0.385. The lowest BCUT2D eigenvalue weighted by Crippen LogP contribution is -2.09. The average Bonchev–Trinajstić information content (AvgIpc) is 2.30. The fourth-order valence-electron chi connectivity index (χ4n) is 1.31. The fraction of sp³-hybridized carbons (Fsp3) is 0.300. The summed E-state index contributed by atoms with van der Waals surface area (Å²) in [5.74, 6) is -1.50. The standard InChI is InChI=1S/C10H9BrFNO4/c1-17-10(14)4-7-8(12)2-6(5-11)3-9(7)13(15)16/h2-3H,4-5H2,1H3. The summed E-state index contributed by atoms with van der Waals surface area (Å²) in [6, 6.07) is 2.39. The molecule has 0 fully saturated rings. The zero-order chi connectivity index (χ0) is 13.0. The number of halogens is 2. The second-order valence-electron chi connectivity index (χ2n) is 3.22. The van der Waals surface area contributed by atoms with E-state index in [1.54, 1.807) is 0 Å². The average molecular weight is 306 g/mol. The van der Waals surface area contributed by atoms with Crippen LogP contribution < -0.4 is 0 Å². The Balaban J connectivity index is 3.26. The van der Waals surface area contributed by atoms with Crippen LogP contribution >= 0.6 is 15.9 Å². The van der Waals surface area contributed by atoms with Crippen molar-refractivity contribution in [2.45, 2.75) is 11.8 Å². The second-order valence-corrected chi connectivity index (χ2v) is 3.78. The van der Waals surface area contributed by atoms with Gasteiger partial charge in [-0.1, -0.05) is 15.9 Å². The van der Waals surface area contributed by atoms with Gasteiger partial charge in [0.15, 0.2) is 0 Å². The molecule has 0 aliphatic heterocycles. The van der Waals surface area contributed by atoms with E-state index in [4.69, 9.17) is 0 Å². The van der Waals surface area contributed by atoms with Crippen molar-refractivity contribution < 1.29 is 18.8 Å². The Bertz CT molecular complexity index is 464. The molecule has 0 saturated carbocycles. The van der Waals surface area contributed by atoms with Gasteiger partial charge in [-0.3, -0.25) is 14.9 Å². The molecule has 0 radical (unpaired) electrons. The number of nitrogens with zero attached hydrogens (tertiary/aromatic N) is 1. The van der Waals surface area contributed by atoms with Gasteiger partial charge in [-0.05, 0) is 11.6 Å². The highest BCUT2D eigenvalue weighted by Gasteiger charge is 2.22. The van der Waals surface area contributed by atoms with Gasteiger partial charge in [0.05, 0.1) is 24.0 Å². The highest BCUT2D eigenvalue weighted by Crippen LogP contribution is 2.25. The third kappa shape index (κ3) is 3.23. The summed E-state index contributed by atoms with van der Waals surface area (Å²) < 4.78 is 18.0. The molecule has 0 aromatic heterocycles. The Morgan fingerprint density at radius 1 is 1.59 bits per heavy atom. The number of rotatable bonds is 4. The van der Waals surface area contributed by atoms with Gasteiger partial charge in [-0.2, -0.15) is 0 Å². The van der Waals surface area contributed by atoms with Crippen molar-refractivity contribution in [3.05, 3.63) is 39.2 Å². The van der Waals surface area contributed by atoms with Gasteiger partial charge in [0, 0.05) is 11.4 Å². The molecule has 1 aromatic carbocycles. The molecule has 0 saturated heterocycles. The fourth-order valence-corrected chi connectivity index (χ4v) is 1.63. The van der Waals surface area contributed by atoms with Gasteiger partial charge in [-0.25, -0.2) is 4.39 Å². The zero-order valence-corrected chi connectivity index (χ0v) is 10.5. The molecule has 0 aliphatic rings. The van der Waals surface area contributed by atoms with Crippen molar-refractivity contribution in [3.8, 4) is 0 Å². The Labute approximate surface area is 105 Å². The maximum Gasteiger partial charge on any atom is 0.310 e. The molecule has 0 aliphatic carbocycles. The molecular formula is C10H9BrFNO4. The van der Waals surface area contributed by atoms with Crippen molar-refractivity contribution in [3.63, 3.8) is 0 Å². The number of methoxy groups -OCH3 is 1. The van der Waals surface area contributed by atoms with E-state index >= 15 is 0 Å². The van der Waals surface area contributed by atoms with Gasteiger partial charge in [0.2, 0.25) is 0 Å². The summed E-state index contributed by atoms with van der Waals surface area (Å²) in [5, 5.41) is 11.1. The van der Waals surface area contributed by atoms with E-state index in [0.717, 1.165) is 13.2 Å². The van der Waals surface area contributed by atoms with E-state index in [1.165, 1.54) is 6.07 Å². The molecule has 0 heterocycles. The van der Waals surface area contributed by atoms with E-state index in [2.05, 4.69) is 20.7 Å². The molecule has 5 nitrogen and oxygen atoms in total. The predicted octanol–water partition coefficient (Wildman–Crippen LogP) is 2.34. The zero-order valence-electron chi connectivity index (χ0n) is 8.91. The lowest BCUT2D eigenvalue weighted by atomic mass is 10.1. The monoisotopic (exact) mass is 305 g/mol. The first-order valence-corrected chi connectivity index (χ1v) is 5.70. The molecule has 1 rings (SSSR count). The van der Waals surface area contributed by atoms with Crippen LogP contribution in [0.5, 0.6) is 0 Å². The summed E-state index contributed by atoms with van der Waals surface area (Å²) in [7, 11) is 1.14. The normalized spacial score (nSPS) is 10.1. The quantitative estimate of drug-likeness (QED) is 0.370. The summed E-state index contributed by atoms with van der Waals surface area (Å²) in [5.41, 5.74) is -0.237. The molecule has 1 aromatic rings. The second kappa shape index (κ2) is 5.72. The van der Waals surface area contributed by atoms with Crippen molar-refractivity contribution in [2.75, 3.05) is 7.11 Å². The van der Waals surface area contributed by atoms with E-state index in [9.17, 15) is 19.3 Å². The Kier molecular flexibility index (Phi) is 4.56. The number of hydrogen-bond donors (Lipinski definition) is 0. The molecule has 0 atom stereocenters.